The number of aromatic nitrogens is 2. The SMILES string of the molecule is CCN1C(=O)c2c(nn(C)c2C(C)=O)C1I. The average Bonchev–Trinajstić information content (AvgIpc) is 2.65. The molecule has 0 radical (unpaired) electrons. The van der Waals surface area contributed by atoms with Crippen LogP contribution in [0, 0.1) is 0 Å². The first-order valence-electron chi connectivity index (χ1n) is 5.01. The quantitative estimate of drug-likeness (QED) is 0.357. The van der Waals surface area contributed by atoms with Crippen molar-refractivity contribution in [1.29, 1.82) is 0 Å². The van der Waals surface area contributed by atoms with Crippen LogP contribution in [0.25, 0.3) is 0 Å². The van der Waals surface area contributed by atoms with Gasteiger partial charge in [-0.1, -0.05) is 22.6 Å². The second-order valence-corrected chi connectivity index (χ2v) is 4.90. The molecule has 86 valence electrons. The number of carbonyl (C=O) groups is 2. The Morgan fingerprint density at radius 3 is 2.69 bits per heavy atom. The van der Waals surface area contributed by atoms with Crippen molar-refractivity contribution in [2.75, 3.05) is 6.54 Å². The number of rotatable bonds is 2. The van der Waals surface area contributed by atoms with Crippen LogP contribution >= 0.6 is 22.6 Å². The average molecular weight is 333 g/mol. The minimum absolute atomic E-state index is 0.0654. The maximum absolute atomic E-state index is 12.1. The molecular formula is C10H12IN3O2. The van der Waals surface area contributed by atoms with Gasteiger partial charge in [0.05, 0.1) is 5.56 Å². The van der Waals surface area contributed by atoms with Gasteiger partial charge in [0.15, 0.2) is 5.78 Å². The molecule has 0 saturated carbocycles. The van der Waals surface area contributed by atoms with E-state index in [-0.39, 0.29) is 15.7 Å². The van der Waals surface area contributed by atoms with Crippen molar-refractivity contribution in [1.82, 2.24) is 14.7 Å². The highest BCUT2D eigenvalue weighted by Gasteiger charge is 2.40. The number of Topliss-reactive ketones (excluding diaryl/α,β-unsaturated/α-hetero) is 1. The lowest BCUT2D eigenvalue weighted by Gasteiger charge is -2.18. The fourth-order valence-electron chi connectivity index (χ4n) is 2.02. The zero-order valence-corrected chi connectivity index (χ0v) is 11.5. The van der Waals surface area contributed by atoms with E-state index < -0.39 is 0 Å². The number of hydrogen-bond donors (Lipinski definition) is 0. The Morgan fingerprint density at radius 1 is 1.56 bits per heavy atom. The minimum Gasteiger partial charge on any atom is -0.321 e. The maximum Gasteiger partial charge on any atom is 0.259 e. The van der Waals surface area contributed by atoms with Gasteiger partial charge in [0.2, 0.25) is 0 Å². The van der Waals surface area contributed by atoms with E-state index in [0.29, 0.717) is 23.5 Å². The van der Waals surface area contributed by atoms with Gasteiger partial charge >= 0.3 is 0 Å². The van der Waals surface area contributed by atoms with Crippen LogP contribution in [0.3, 0.4) is 0 Å². The molecule has 2 heterocycles. The summed E-state index contributed by atoms with van der Waals surface area (Å²) in [5.41, 5.74) is 1.61. The summed E-state index contributed by atoms with van der Waals surface area (Å²) in [6.07, 6.45) is 0. The molecule has 5 nitrogen and oxygen atoms in total. The van der Waals surface area contributed by atoms with Crippen molar-refractivity contribution >= 4 is 34.3 Å². The first-order valence-corrected chi connectivity index (χ1v) is 6.26. The Bertz CT molecular complexity index is 481. The van der Waals surface area contributed by atoms with Crippen molar-refractivity contribution in [3.05, 3.63) is 17.0 Å². The van der Waals surface area contributed by atoms with Crippen molar-refractivity contribution in [2.45, 2.75) is 17.9 Å². The molecular weight excluding hydrogens is 321 g/mol. The van der Waals surface area contributed by atoms with Crippen LogP contribution in [-0.4, -0.2) is 32.9 Å². The van der Waals surface area contributed by atoms with Crippen molar-refractivity contribution in [2.24, 2.45) is 7.05 Å². The van der Waals surface area contributed by atoms with Crippen LogP contribution in [-0.2, 0) is 7.05 Å². The lowest BCUT2D eigenvalue weighted by molar-refractivity contribution is 0.0781. The van der Waals surface area contributed by atoms with Crippen LogP contribution in [0.15, 0.2) is 0 Å². The van der Waals surface area contributed by atoms with Gasteiger partial charge in [-0.3, -0.25) is 14.3 Å². The summed E-state index contributed by atoms with van der Waals surface area (Å²) >= 11 is 2.17. The van der Waals surface area contributed by atoms with E-state index >= 15 is 0 Å². The highest BCUT2D eigenvalue weighted by Crippen LogP contribution is 2.38. The molecule has 0 aliphatic carbocycles. The number of amides is 1. The predicted molar refractivity (Wildman–Crippen MR) is 66.7 cm³/mol. The Balaban J connectivity index is 2.62. The van der Waals surface area contributed by atoms with Gasteiger partial charge in [-0.2, -0.15) is 5.10 Å². The van der Waals surface area contributed by atoms with E-state index in [4.69, 9.17) is 0 Å². The normalized spacial score (nSPS) is 19.1. The van der Waals surface area contributed by atoms with E-state index in [1.54, 1.807) is 11.9 Å². The zero-order chi connectivity index (χ0) is 12.0. The summed E-state index contributed by atoms with van der Waals surface area (Å²) in [4.78, 5) is 25.3. The molecule has 1 aromatic rings. The molecule has 1 aliphatic heterocycles. The molecule has 1 aliphatic rings. The highest BCUT2D eigenvalue weighted by molar-refractivity contribution is 14.1. The number of nitrogens with zero attached hydrogens (tertiary/aromatic N) is 3. The molecule has 16 heavy (non-hydrogen) atoms. The highest BCUT2D eigenvalue weighted by atomic mass is 127. The molecule has 6 heteroatoms. The number of alkyl halides is 1. The number of carbonyl (C=O) groups excluding carboxylic acids is 2. The molecule has 0 saturated heterocycles. The van der Waals surface area contributed by atoms with E-state index in [0.717, 1.165) is 0 Å². The van der Waals surface area contributed by atoms with Crippen molar-refractivity contribution < 1.29 is 9.59 Å². The lowest BCUT2D eigenvalue weighted by atomic mass is 10.1. The largest absolute Gasteiger partial charge is 0.321 e. The fraction of sp³-hybridized carbons (Fsp3) is 0.500. The Hall–Kier alpha value is -0.920. The van der Waals surface area contributed by atoms with E-state index in [1.165, 1.54) is 11.6 Å². The molecule has 1 atom stereocenters. The first-order chi connectivity index (χ1) is 7.49. The molecule has 0 spiro atoms. The monoisotopic (exact) mass is 333 g/mol. The summed E-state index contributed by atoms with van der Waals surface area (Å²) in [5.74, 6) is -0.207. The summed E-state index contributed by atoms with van der Waals surface area (Å²) in [5, 5.41) is 4.27. The van der Waals surface area contributed by atoms with E-state index in [2.05, 4.69) is 27.7 Å². The van der Waals surface area contributed by atoms with Crippen LogP contribution < -0.4 is 0 Å². The van der Waals surface area contributed by atoms with Gasteiger partial charge in [0, 0.05) is 20.5 Å². The third-order valence-corrected chi connectivity index (χ3v) is 3.98. The predicted octanol–water partition coefficient (Wildman–Crippen LogP) is 1.53. The molecule has 1 amide bonds. The van der Waals surface area contributed by atoms with Gasteiger partial charge in [-0.05, 0) is 6.92 Å². The molecule has 0 fully saturated rings. The van der Waals surface area contributed by atoms with Crippen LogP contribution in [0.1, 0.15) is 44.4 Å². The second kappa shape index (κ2) is 3.83. The Kier molecular flexibility index (Phi) is 2.77. The summed E-state index contributed by atoms with van der Waals surface area (Å²) in [6.45, 7) is 4.01. The van der Waals surface area contributed by atoms with Crippen molar-refractivity contribution in [3.8, 4) is 0 Å². The summed E-state index contributed by atoms with van der Waals surface area (Å²) in [7, 11) is 1.70. The van der Waals surface area contributed by atoms with Crippen LogP contribution in [0.2, 0.25) is 0 Å². The third kappa shape index (κ3) is 1.39. The van der Waals surface area contributed by atoms with Gasteiger partial charge in [-0.25, -0.2) is 0 Å². The van der Waals surface area contributed by atoms with Gasteiger partial charge in [0.25, 0.3) is 5.91 Å². The molecule has 1 unspecified atom stereocenters. The molecule has 0 bridgehead atoms. The van der Waals surface area contributed by atoms with Crippen LogP contribution in [0.4, 0.5) is 0 Å². The number of hydrogen-bond acceptors (Lipinski definition) is 3. The van der Waals surface area contributed by atoms with E-state index in [9.17, 15) is 9.59 Å². The Labute approximate surface area is 107 Å². The van der Waals surface area contributed by atoms with Gasteiger partial charge in [0.1, 0.15) is 15.4 Å². The Morgan fingerprint density at radius 2 is 2.19 bits per heavy atom. The van der Waals surface area contributed by atoms with Gasteiger partial charge < -0.3 is 4.90 Å². The molecule has 2 rings (SSSR count). The summed E-state index contributed by atoms with van der Waals surface area (Å²) in [6, 6.07) is 0. The topological polar surface area (TPSA) is 55.2 Å². The van der Waals surface area contributed by atoms with Crippen molar-refractivity contribution in [3.63, 3.8) is 0 Å². The number of halogens is 1. The number of fused-ring (bicyclic) bond motifs is 1. The van der Waals surface area contributed by atoms with Crippen LogP contribution in [0.5, 0.6) is 0 Å². The lowest BCUT2D eigenvalue weighted by Crippen LogP contribution is -2.26. The molecule has 0 aromatic carbocycles. The third-order valence-electron chi connectivity index (χ3n) is 2.72. The zero-order valence-electron chi connectivity index (χ0n) is 9.32. The molecule has 0 N–H and O–H groups in total. The maximum atomic E-state index is 12.1. The molecule has 1 aromatic heterocycles. The second-order valence-electron chi connectivity index (χ2n) is 3.72. The minimum atomic E-state index is -0.119. The smallest absolute Gasteiger partial charge is 0.259 e. The fourth-order valence-corrected chi connectivity index (χ4v) is 3.11. The number of aryl methyl sites for hydroxylation is 1. The standard InChI is InChI=1S/C10H12IN3O2/c1-4-14-9(11)7-6(10(14)16)8(5(2)15)13(3)12-7/h9H,4H2,1-3H3. The van der Waals surface area contributed by atoms with E-state index in [1.807, 2.05) is 6.92 Å². The van der Waals surface area contributed by atoms with Gasteiger partial charge in [-0.15, -0.1) is 0 Å². The first kappa shape index (κ1) is 11.6. The summed E-state index contributed by atoms with van der Waals surface area (Å²) < 4.78 is 1.44. The number of ketones is 1.